The Balaban J connectivity index is 2.00. The van der Waals surface area contributed by atoms with E-state index in [-0.39, 0.29) is 19.1 Å². The molecule has 3 rings (SSSR count). The molecule has 0 saturated carbocycles. The van der Waals surface area contributed by atoms with E-state index in [1.165, 1.54) is 0 Å². The fourth-order valence-corrected chi connectivity index (χ4v) is 2.75. The Hall–Kier alpha value is -3.41. The van der Waals surface area contributed by atoms with Crippen molar-refractivity contribution in [3.63, 3.8) is 0 Å². The first kappa shape index (κ1) is 18.4. The highest BCUT2D eigenvalue weighted by Crippen LogP contribution is 2.27. The monoisotopic (exact) mass is 364 g/mol. The molecule has 3 aromatic rings. The third-order valence-electron chi connectivity index (χ3n) is 4.02. The number of ether oxygens (including phenoxy) is 2. The average Bonchev–Trinajstić information content (AvgIpc) is 2.71. The molecule has 6 heteroatoms. The lowest BCUT2D eigenvalue weighted by molar-refractivity contribution is -0.141. The van der Waals surface area contributed by atoms with E-state index in [0.717, 1.165) is 5.56 Å². The second-order valence-electron chi connectivity index (χ2n) is 5.79. The maximum atomic E-state index is 12.7. The Labute approximate surface area is 157 Å². The number of fused-ring (bicyclic) bond motifs is 1. The Bertz CT molecular complexity index is 985. The van der Waals surface area contributed by atoms with Gasteiger partial charge in [0.05, 0.1) is 30.5 Å². The SMILES string of the molecule is CCOC(=O)CNC(=O)c1cc(-c2cccc(OC)c2)nc2ccccc12. The molecule has 138 valence electrons. The van der Waals surface area contributed by atoms with E-state index in [0.29, 0.717) is 27.9 Å². The van der Waals surface area contributed by atoms with Crippen LogP contribution >= 0.6 is 0 Å². The number of amides is 1. The first-order valence-corrected chi connectivity index (χ1v) is 8.60. The largest absolute Gasteiger partial charge is 0.497 e. The van der Waals surface area contributed by atoms with Gasteiger partial charge in [-0.3, -0.25) is 9.59 Å². The molecular weight excluding hydrogens is 344 g/mol. The molecule has 0 radical (unpaired) electrons. The first-order valence-electron chi connectivity index (χ1n) is 8.60. The molecule has 0 bridgehead atoms. The molecule has 0 unspecified atom stereocenters. The van der Waals surface area contributed by atoms with Crippen LogP contribution in [0.2, 0.25) is 0 Å². The number of nitrogens with one attached hydrogen (secondary N) is 1. The number of rotatable bonds is 6. The van der Waals surface area contributed by atoms with E-state index in [2.05, 4.69) is 10.3 Å². The smallest absolute Gasteiger partial charge is 0.325 e. The summed E-state index contributed by atoms with van der Waals surface area (Å²) in [5.74, 6) is -0.126. The lowest BCUT2D eigenvalue weighted by atomic mass is 10.0. The van der Waals surface area contributed by atoms with E-state index < -0.39 is 5.97 Å². The number of para-hydroxylation sites is 1. The zero-order valence-corrected chi connectivity index (χ0v) is 15.2. The van der Waals surface area contributed by atoms with Crippen LogP contribution in [0.4, 0.5) is 0 Å². The van der Waals surface area contributed by atoms with Gasteiger partial charge in [-0.05, 0) is 31.2 Å². The lowest BCUT2D eigenvalue weighted by Gasteiger charge is -2.11. The van der Waals surface area contributed by atoms with E-state index in [9.17, 15) is 9.59 Å². The van der Waals surface area contributed by atoms with Gasteiger partial charge in [-0.1, -0.05) is 30.3 Å². The van der Waals surface area contributed by atoms with Crippen molar-refractivity contribution in [3.05, 3.63) is 60.2 Å². The molecule has 0 spiro atoms. The average molecular weight is 364 g/mol. The highest BCUT2D eigenvalue weighted by molar-refractivity contribution is 6.07. The molecule has 0 aliphatic heterocycles. The number of methoxy groups -OCH3 is 1. The van der Waals surface area contributed by atoms with Crippen molar-refractivity contribution in [2.45, 2.75) is 6.92 Å². The maximum Gasteiger partial charge on any atom is 0.325 e. The standard InChI is InChI=1S/C21H20N2O4/c1-3-27-20(24)13-22-21(25)17-12-19(14-7-6-8-15(11-14)26-2)23-18-10-5-4-9-16(17)18/h4-12H,3,13H2,1-2H3,(H,22,25). The number of hydrogen-bond acceptors (Lipinski definition) is 5. The highest BCUT2D eigenvalue weighted by Gasteiger charge is 2.15. The van der Waals surface area contributed by atoms with Gasteiger partial charge < -0.3 is 14.8 Å². The van der Waals surface area contributed by atoms with Crippen LogP contribution in [-0.2, 0) is 9.53 Å². The van der Waals surface area contributed by atoms with Crippen LogP contribution in [0.1, 0.15) is 17.3 Å². The third-order valence-corrected chi connectivity index (χ3v) is 4.02. The Morgan fingerprint density at radius 2 is 1.89 bits per heavy atom. The van der Waals surface area contributed by atoms with Gasteiger partial charge in [0.2, 0.25) is 0 Å². The van der Waals surface area contributed by atoms with Crippen molar-refractivity contribution < 1.29 is 19.1 Å². The minimum Gasteiger partial charge on any atom is -0.497 e. The summed E-state index contributed by atoms with van der Waals surface area (Å²) < 4.78 is 10.1. The quantitative estimate of drug-likeness (QED) is 0.680. The summed E-state index contributed by atoms with van der Waals surface area (Å²) in [4.78, 5) is 28.9. The number of esters is 1. The molecule has 0 saturated heterocycles. The number of benzene rings is 2. The Morgan fingerprint density at radius 1 is 1.07 bits per heavy atom. The summed E-state index contributed by atoms with van der Waals surface area (Å²) in [6.45, 7) is 1.81. The van der Waals surface area contributed by atoms with Crippen molar-refractivity contribution in [1.29, 1.82) is 0 Å². The number of carbonyl (C=O) groups excluding carboxylic acids is 2. The van der Waals surface area contributed by atoms with E-state index in [1.807, 2.05) is 48.5 Å². The highest BCUT2D eigenvalue weighted by atomic mass is 16.5. The molecule has 1 aromatic heterocycles. The Morgan fingerprint density at radius 3 is 2.67 bits per heavy atom. The summed E-state index contributed by atoms with van der Waals surface area (Å²) in [5.41, 5.74) is 2.62. The summed E-state index contributed by atoms with van der Waals surface area (Å²) in [7, 11) is 1.60. The van der Waals surface area contributed by atoms with Crippen LogP contribution in [0, 0.1) is 0 Å². The number of aromatic nitrogens is 1. The lowest BCUT2D eigenvalue weighted by Crippen LogP contribution is -2.30. The summed E-state index contributed by atoms with van der Waals surface area (Å²) in [6.07, 6.45) is 0. The van der Waals surface area contributed by atoms with Crippen molar-refractivity contribution in [3.8, 4) is 17.0 Å². The van der Waals surface area contributed by atoms with Crippen LogP contribution in [0.15, 0.2) is 54.6 Å². The van der Waals surface area contributed by atoms with Gasteiger partial charge in [0.25, 0.3) is 5.91 Å². The van der Waals surface area contributed by atoms with Crippen molar-refractivity contribution in [1.82, 2.24) is 10.3 Å². The molecule has 0 aliphatic rings. The molecular formula is C21H20N2O4. The van der Waals surface area contributed by atoms with Crippen molar-refractivity contribution in [2.24, 2.45) is 0 Å². The van der Waals surface area contributed by atoms with E-state index >= 15 is 0 Å². The summed E-state index contributed by atoms with van der Waals surface area (Å²) in [5, 5.41) is 3.32. The molecule has 1 N–H and O–H groups in total. The van der Waals surface area contributed by atoms with E-state index in [4.69, 9.17) is 9.47 Å². The van der Waals surface area contributed by atoms with Crippen LogP contribution in [0.3, 0.4) is 0 Å². The number of nitrogens with zero attached hydrogens (tertiary/aromatic N) is 1. The number of hydrogen-bond donors (Lipinski definition) is 1. The van der Waals surface area contributed by atoms with Gasteiger partial charge in [0.1, 0.15) is 12.3 Å². The van der Waals surface area contributed by atoms with Crippen LogP contribution in [0.25, 0.3) is 22.2 Å². The molecule has 1 heterocycles. The van der Waals surface area contributed by atoms with E-state index in [1.54, 1.807) is 20.1 Å². The van der Waals surface area contributed by atoms with Crippen LogP contribution < -0.4 is 10.1 Å². The molecule has 6 nitrogen and oxygen atoms in total. The predicted molar refractivity (Wildman–Crippen MR) is 103 cm³/mol. The predicted octanol–water partition coefficient (Wildman–Crippen LogP) is 3.20. The molecule has 0 aliphatic carbocycles. The summed E-state index contributed by atoms with van der Waals surface area (Å²) in [6, 6.07) is 16.6. The van der Waals surface area contributed by atoms with Crippen molar-refractivity contribution in [2.75, 3.05) is 20.3 Å². The first-order chi connectivity index (χ1) is 13.1. The third kappa shape index (κ3) is 4.23. The molecule has 1 amide bonds. The van der Waals surface area contributed by atoms with Crippen LogP contribution in [-0.4, -0.2) is 37.1 Å². The van der Waals surface area contributed by atoms with Gasteiger partial charge in [-0.25, -0.2) is 4.98 Å². The fourth-order valence-electron chi connectivity index (χ4n) is 2.75. The number of pyridine rings is 1. The molecule has 2 aromatic carbocycles. The van der Waals surface area contributed by atoms with Gasteiger partial charge in [-0.2, -0.15) is 0 Å². The van der Waals surface area contributed by atoms with Crippen molar-refractivity contribution >= 4 is 22.8 Å². The van der Waals surface area contributed by atoms with Gasteiger partial charge >= 0.3 is 5.97 Å². The topological polar surface area (TPSA) is 77.5 Å². The zero-order valence-electron chi connectivity index (χ0n) is 15.2. The second-order valence-corrected chi connectivity index (χ2v) is 5.79. The van der Waals surface area contributed by atoms with Gasteiger partial charge in [0.15, 0.2) is 0 Å². The van der Waals surface area contributed by atoms with Gasteiger partial charge in [0, 0.05) is 10.9 Å². The fraction of sp³-hybridized carbons (Fsp3) is 0.190. The molecule has 0 atom stereocenters. The van der Waals surface area contributed by atoms with Gasteiger partial charge in [-0.15, -0.1) is 0 Å². The minimum absolute atomic E-state index is 0.183. The maximum absolute atomic E-state index is 12.7. The van der Waals surface area contributed by atoms with Crippen LogP contribution in [0.5, 0.6) is 5.75 Å². The molecule has 0 fully saturated rings. The minimum atomic E-state index is -0.475. The normalized spacial score (nSPS) is 10.4. The summed E-state index contributed by atoms with van der Waals surface area (Å²) >= 11 is 0. The second kappa shape index (κ2) is 8.31. The zero-order chi connectivity index (χ0) is 19.2. The molecule has 27 heavy (non-hydrogen) atoms. The number of carbonyl (C=O) groups is 2. The Kier molecular flexibility index (Phi) is 5.66.